The Morgan fingerprint density at radius 3 is 2.72 bits per heavy atom. The average molecular weight is 396 g/mol. The molecule has 0 aliphatic carbocycles. The number of nitrogens with one attached hydrogen (secondary N) is 2. The molecule has 2 aromatic rings. The van der Waals surface area contributed by atoms with Crippen molar-refractivity contribution >= 4 is 5.96 Å². The molecular formula is C23H33N5O. The van der Waals surface area contributed by atoms with Crippen LogP contribution in [0.2, 0.25) is 0 Å². The molecule has 1 unspecified atom stereocenters. The summed E-state index contributed by atoms with van der Waals surface area (Å²) in [5.41, 5.74) is 3.55. The molecule has 0 amide bonds. The lowest BCUT2D eigenvalue weighted by atomic mass is 10.1. The Hall–Kier alpha value is -2.60. The summed E-state index contributed by atoms with van der Waals surface area (Å²) in [5.74, 6) is 1.73. The standard InChI is InChI=1S/C23H33N5O/c1-18-9-10-19(16-26-18)11-12-25-23(24-2)27-17-22(28-13-4-5-14-28)20-7-6-8-21(15-20)29-3/h6-10,15-16,22H,4-5,11-14,17H2,1-3H3,(H2,24,25,27). The number of likely N-dealkylation sites (tertiary alicyclic amines) is 1. The molecule has 1 aliphatic heterocycles. The highest BCUT2D eigenvalue weighted by molar-refractivity contribution is 5.79. The van der Waals surface area contributed by atoms with Gasteiger partial charge in [0, 0.05) is 32.0 Å². The van der Waals surface area contributed by atoms with Gasteiger partial charge >= 0.3 is 0 Å². The van der Waals surface area contributed by atoms with Crippen molar-refractivity contribution in [3.63, 3.8) is 0 Å². The van der Waals surface area contributed by atoms with E-state index in [1.807, 2.05) is 26.2 Å². The summed E-state index contributed by atoms with van der Waals surface area (Å²) < 4.78 is 5.44. The molecule has 156 valence electrons. The van der Waals surface area contributed by atoms with E-state index in [0.717, 1.165) is 50.0 Å². The van der Waals surface area contributed by atoms with Crippen LogP contribution in [0.5, 0.6) is 5.75 Å². The lowest BCUT2D eigenvalue weighted by Crippen LogP contribution is -2.43. The summed E-state index contributed by atoms with van der Waals surface area (Å²) in [7, 11) is 3.54. The molecule has 6 nitrogen and oxygen atoms in total. The number of benzene rings is 1. The van der Waals surface area contributed by atoms with Gasteiger partial charge in [0.15, 0.2) is 5.96 Å². The number of rotatable bonds is 8. The van der Waals surface area contributed by atoms with Crippen LogP contribution in [-0.4, -0.2) is 56.2 Å². The van der Waals surface area contributed by atoms with Crippen LogP contribution in [0.1, 0.15) is 35.7 Å². The number of ether oxygens (including phenoxy) is 1. The topological polar surface area (TPSA) is 61.8 Å². The molecule has 2 heterocycles. The first-order chi connectivity index (χ1) is 14.2. The van der Waals surface area contributed by atoms with Crippen LogP contribution >= 0.6 is 0 Å². The minimum atomic E-state index is 0.299. The number of hydrogen-bond donors (Lipinski definition) is 2. The first-order valence-corrected chi connectivity index (χ1v) is 10.4. The molecule has 0 spiro atoms. The molecule has 0 radical (unpaired) electrons. The number of aromatic nitrogens is 1. The predicted octanol–water partition coefficient (Wildman–Crippen LogP) is 2.94. The van der Waals surface area contributed by atoms with E-state index in [1.54, 1.807) is 7.11 Å². The lowest BCUT2D eigenvalue weighted by molar-refractivity contribution is 0.245. The van der Waals surface area contributed by atoms with Crippen molar-refractivity contribution < 1.29 is 4.74 Å². The fourth-order valence-electron chi connectivity index (χ4n) is 3.75. The van der Waals surface area contributed by atoms with Crippen molar-refractivity contribution in [3.8, 4) is 5.75 Å². The molecular weight excluding hydrogens is 362 g/mol. The zero-order chi connectivity index (χ0) is 20.5. The Kier molecular flexibility index (Phi) is 7.87. The van der Waals surface area contributed by atoms with E-state index in [1.165, 1.54) is 24.0 Å². The van der Waals surface area contributed by atoms with Gasteiger partial charge in [-0.1, -0.05) is 18.2 Å². The van der Waals surface area contributed by atoms with E-state index in [9.17, 15) is 0 Å². The van der Waals surface area contributed by atoms with Gasteiger partial charge in [-0.3, -0.25) is 14.9 Å². The molecule has 1 fully saturated rings. The van der Waals surface area contributed by atoms with Crippen LogP contribution in [0.15, 0.2) is 47.6 Å². The SMILES string of the molecule is CN=C(NCCc1ccc(C)nc1)NCC(c1cccc(OC)c1)N1CCCC1. The smallest absolute Gasteiger partial charge is 0.191 e. The molecule has 1 aromatic carbocycles. The Morgan fingerprint density at radius 2 is 2.03 bits per heavy atom. The molecule has 1 saturated heterocycles. The highest BCUT2D eigenvalue weighted by atomic mass is 16.5. The fourth-order valence-corrected chi connectivity index (χ4v) is 3.75. The Bertz CT molecular complexity index is 784. The lowest BCUT2D eigenvalue weighted by Gasteiger charge is -2.29. The van der Waals surface area contributed by atoms with Gasteiger partial charge in [-0.25, -0.2) is 0 Å². The molecule has 2 N–H and O–H groups in total. The molecule has 6 heteroatoms. The maximum atomic E-state index is 5.44. The summed E-state index contributed by atoms with van der Waals surface area (Å²) in [6.45, 7) is 5.90. The average Bonchev–Trinajstić information content (AvgIpc) is 3.28. The number of guanidine groups is 1. The molecule has 0 bridgehead atoms. The quantitative estimate of drug-likeness (QED) is 0.532. The van der Waals surface area contributed by atoms with E-state index >= 15 is 0 Å². The number of aliphatic imine (C=N–C) groups is 1. The van der Waals surface area contributed by atoms with Crippen LogP contribution in [-0.2, 0) is 6.42 Å². The fraction of sp³-hybridized carbons (Fsp3) is 0.478. The molecule has 1 aliphatic rings. The van der Waals surface area contributed by atoms with E-state index in [2.05, 4.69) is 55.8 Å². The third-order valence-corrected chi connectivity index (χ3v) is 5.43. The number of nitrogens with zero attached hydrogens (tertiary/aromatic N) is 3. The zero-order valence-electron chi connectivity index (χ0n) is 17.8. The van der Waals surface area contributed by atoms with Gasteiger partial charge in [-0.2, -0.15) is 0 Å². The van der Waals surface area contributed by atoms with Gasteiger partial charge in [0.05, 0.1) is 13.2 Å². The van der Waals surface area contributed by atoms with E-state index in [0.29, 0.717) is 6.04 Å². The van der Waals surface area contributed by atoms with Gasteiger partial charge in [-0.05, 0) is 68.6 Å². The second-order valence-electron chi connectivity index (χ2n) is 7.47. The van der Waals surface area contributed by atoms with Gasteiger partial charge in [-0.15, -0.1) is 0 Å². The van der Waals surface area contributed by atoms with Crippen LogP contribution in [0.4, 0.5) is 0 Å². The van der Waals surface area contributed by atoms with Gasteiger partial charge in [0.1, 0.15) is 5.75 Å². The minimum Gasteiger partial charge on any atom is -0.497 e. The highest BCUT2D eigenvalue weighted by Gasteiger charge is 2.24. The van der Waals surface area contributed by atoms with Crippen LogP contribution in [0, 0.1) is 6.92 Å². The number of hydrogen-bond acceptors (Lipinski definition) is 4. The third-order valence-electron chi connectivity index (χ3n) is 5.43. The molecule has 0 saturated carbocycles. The van der Waals surface area contributed by atoms with Gasteiger partial charge in [0.2, 0.25) is 0 Å². The maximum absolute atomic E-state index is 5.44. The first-order valence-electron chi connectivity index (χ1n) is 10.4. The van der Waals surface area contributed by atoms with E-state index in [-0.39, 0.29) is 0 Å². The number of pyridine rings is 1. The molecule has 1 aromatic heterocycles. The van der Waals surface area contributed by atoms with Crippen LogP contribution in [0.25, 0.3) is 0 Å². The predicted molar refractivity (Wildman–Crippen MR) is 119 cm³/mol. The second kappa shape index (κ2) is 10.8. The molecule has 29 heavy (non-hydrogen) atoms. The first kappa shape index (κ1) is 21.1. The van der Waals surface area contributed by atoms with Crippen molar-refractivity contribution in [2.75, 3.05) is 40.3 Å². The molecule has 3 rings (SSSR count). The highest BCUT2D eigenvalue weighted by Crippen LogP contribution is 2.27. The zero-order valence-corrected chi connectivity index (χ0v) is 17.8. The maximum Gasteiger partial charge on any atom is 0.191 e. The van der Waals surface area contributed by atoms with Crippen molar-refractivity contribution in [1.29, 1.82) is 0 Å². The van der Waals surface area contributed by atoms with Crippen molar-refractivity contribution in [3.05, 3.63) is 59.4 Å². The van der Waals surface area contributed by atoms with Crippen LogP contribution in [0.3, 0.4) is 0 Å². The normalized spacial score (nSPS) is 15.9. The minimum absolute atomic E-state index is 0.299. The Morgan fingerprint density at radius 1 is 1.21 bits per heavy atom. The number of aryl methyl sites for hydroxylation is 1. The Balaban J connectivity index is 1.57. The largest absolute Gasteiger partial charge is 0.497 e. The number of methoxy groups -OCH3 is 1. The van der Waals surface area contributed by atoms with Crippen LogP contribution < -0.4 is 15.4 Å². The van der Waals surface area contributed by atoms with Crippen molar-refractivity contribution in [1.82, 2.24) is 20.5 Å². The summed E-state index contributed by atoms with van der Waals surface area (Å²) >= 11 is 0. The summed E-state index contributed by atoms with van der Waals surface area (Å²) in [5, 5.41) is 6.94. The van der Waals surface area contributed by atoms with Gasteiger partial charge in [0.25, 0.3) is 0 Å². The van der Waals surface area contributed by atoms with E-state index in [4.69, 9.17) is 4.74 Å². The summed E-state index contributed by atoms with van der Waals surface area (Å²) in [6, 6.07) is 12.9. The summed E-state index contributed by atoms with van der Waals surface area (Å²) in [6.07, 6.45) is 5.38. The summed E-state index contributed by atoms with van der Waals surface area (Å²) in [4.78, 5) is 11.3. The van der Waals surface area contributed by atoms with Crippen molar-refractivity contribution in [2.24, 2.45) is 4.99 Å². The second-order valence-corrected chi connectivity index (χ2v) is 7.47. The Labute approximate surface area is 174 Å². The van der Waals surface area contributed by atoms with Crippen molar-refractivity contribution in [2.45, 2.75) is 32.2 Å². The molecule has 1 atom stereocenters. The third kappa shape index (κ3) is 6.19. The van der Waals surface area contributed by atoms with E-state index < -0.39 is 0 Å². The monoisotopic (exact) mass is 395 g/mol. The van der Waals surface area contributed by atoms with Gasteiger partial charge < -0.3 is 15.4 Å².